The van der Waals surface area contributed by atoms with Gasteiger partial charge in [-0.2, -0.15) is 0 Å². The van der Waals surface area contributed by atoms with Crippen molar-refractivity contribution in [2.45, 2.75) is 46.5 Å². The number of rotatable bonds is 6. The first-order chi connectivity index (χ1) is 7.14. The molecule has 4 heteroatoms. The summed E-state index contributed by atoms with van der Waals surface area (Å²) in [5.74, 6) is 0. The van der Waals surface area contributed by atoms with Crippen molar-refractivity contribution in [2.75, 3.05) is 19.8 Å². The first-order valence-electron chi connectivity index (χ1n) is 5.83. The van der Waals surface area contributed by atoms with Gasteiger partial charge in [-0.05, 0) is 6.42 Å². The van der Waals surface area contributed by atoms with E-state index in [0.29, 0.717) is 0 Å². The molecule has 90 valence electrons. The second kappa shape index (κ2) is 6.80. The Labute approximate surface area is 94.5 Å². The van der Waals surface area contributed by atoms with Crippen molar-refractivity contribution >= 4 is 8.60 Å². The van der Waals surface area contributed by atoms with Crippen LogP contribution in [0.3, 0.4) is 0 Å². The first kappa shape index (κ1) is 13.4. The van der Waals surface area contributed by atoms with Crippen LogP contribution >= 0.6 is 8.60 Å². The van der Waals surface area contributed by atoms with Crippen LogP contribution in [-0.2, 0) is 13.6 Å². The summed E-state index contributed by atoms with van der Waals surface area (Å²) in [7, 11) is -1.05. The van der Waals surface area contributed by atoms with Crippen molar-refractivity contribution in [3.8, 4) is 0 Å². The van der Waals surface area contributed by atoms with E-state index in [-0.39, 0.29) is 5.41 Å². The lowest BCUT2D eigenvalue weighted by Crippen LogP contribution is -2.28. The minimum atomic E-state index is -1.05. The predicted octanol–water partition coefficient (Wildman–Crippen LogP) is 3.88. The molecular formula is C11H23O3P. The topological polar surface area (TPSA) is 27.7 Å². The third kappa shape index (κ3) is 5.82. The van der Waals surface area contributed by atoms with Gasteiger partial charge in [0.25, 0.3) is 0 Å². The number of hydrogen-bond acceptors (Lipinski definition) is 3. The number of hydrogen-bond donors (Lipinski definition) is 0. The molecule has 15 heavy (non-hydrogen) atoms. The SMILES string of the molecule is CCCCCCOP1OCC(C)(C)CO1. The van der Waals surface area contributed by atoms with Gasteiger partial charge < -0.3 is 13.6 Å². The third-order valence-corrected chi connectivity index (χ3v) is 3.39. The molecule has 1 aliphatic heterocycles. The third-order valence-electron chi connectivity index (χ3n) is 2.32. The van der Waals surface area contributed by atoms with Gasteiger partial charge in [0.2, 0.25) is 0 Å². The molecule has 1 fully saturated rings. The average molecular weight is 234 g/mol. The van der Waals surface area contributed by atoms with Crippen molar-refractivity contribution < 1.29 is 13.6 Å². The van der Waals surface area contributed by atoms with Gasteiger partial charge in [-0.25, -0.2) is 0 Å². The number of unbranched alkanes of at least 4 members (excludes halogenated alkanes) is 3. The van der Waals surface area contributed by atoms with Crippen molar-refractivity contribution in [1.82, 2.24) is 0 Å². The van der Waals surface area contributed by atoms with Crippen molar-refractivity contribution in [2.24, 2.45) is 5.41 Å². The Morgan fingerprint density at radius 3 is 2.40 bits per heavy atom. The van der Waals surface area contributed by atoms with E-state index in [9.17, 15) is 0 Å². The Morgan fingerprint density at radius 1 is 1.13 bits per heavy atom. The molecule has 0 aromatic rings. The van der Waals surface area contributed by atoms with Gasteiger partial charge in [0.15, 0.2) is 0 Å². The molecule has 1 saturated heterocycles. The molecule has 0 aromatic heterocycles. The Kier molecular flexibility index (Phi) is 6.06. The van der Waals surface area contributed by atoms with E-state index in [1.807, 2.05) is 0 Å². The van der Waals surface area contributed by atoms with Crippen LogP contribution in [-0.4, -0.2) is 19.8 Å². The molecule has 0 aromatic carbocycles. The fourth-order valence-corrected chi connectivity index (χ4v) is 2.69. The van der Waals surface area contributed by atoms with Crippen LogP contribution in [0.25, 0.3) is 0 Å². The highest BCUT2D eigenvalue weighted by Crippen LogP contribution is 2.46. The molecule has 1 rings (SSSR count). The molecule has 0 N–H and O–H groups in total. The van der Waals surface area contributed by atoms with Crippen molar-refractivity contribution in [3.63, 3.8) is 0 Å². The minimum absolute atomic E-state index is 0.143. The van der Waals surface area contributed by atoms with Crippen LogP contribution in [0.2, 0.25) is 0 Å². The van der Waals surface area contributed by atoms with Gasteiger partial charge in [0.1, 0.15) is 0 Å². The molecular weight excluding hydrogens is 211 g/mol. The van der Waals surface area contributed by atoms with E-state index in [0.717, 1.165) is 26.2 Å². The van der Waals surface area contributed by atoms with Gasteiger partial charge in [0, 0.05) is 5.41 Å². The normalized spacial score (nSPS) is 21.8. The maximum atomic E-state index is 5.54. The predicted molar refractivity (Wildman–Crippen MR) is 62.7 cm³/mol. The maximum Gasteiger partial charge on any atom is 0.332 e. The van der Waals surface area contributed by atoms with Crippen LogP contribution in [0, 0.1) is 5.41 Å². The second-order valence-electron chi connectivity index (χ2n) is 4.83. The molecule has 3 nitrogen and oxygen atoms in total. The van der Waals surface area contributed by atoms with E-state index in [1.54, 1.807) is 0 Å². The van der Waals surface area contributed by atoms with Crippen LogP contribution in [0.5, 0.6) is 0 Å². The lowest BCUT2D eigenvalue weighted by Gasteiger charge is -2.32. The Bertz CT molecular complexity index is 163. The quantitative estimate of drug-likeness (QED) is 0.515. The molecule has 1 aliphatic rings. The second-order valence-corrected chi connectivity index (χ2v) is 6.05. The summed E-state index contributed by atoms with van der Waals surface area (Å²) >= 11 is 0. The smallest absolute Gasteiger partial charge is 0.312 e. The fourth-order valence-electron chi connectivity index (χ4n) is 1.28. The summed E-state index contributed by atoms with van der Waals surface area (Å²) in [6.07, 6.45) is 4.90. The molecule has 0 unspecified atom stereocenters. The summed E-state index contributed by atoms with van der Waals surface area (Å²) in [6, 6.07) is 0. The largest absolute Gasteiger partial charge is 0.332 e. The van der Waals surface area contributed by atoms with Crippen LogP contribution < -0.4 is 0 Å². The molecule has 0 aliphatic carbocycles. The van der Waals surface area contributed by atoms with E-state index < -0.39 is 8.60 Å². The Hall–Kier alpha value is 0.310. The lowest BCUT2D eigenvalue weighted by molar-refractivity contribution is 0.0275. The fraction of sp³-hybridized carbons (Fsp3) is 1.00. The van der Waals surface area contributed by atoms with E-state index >= 15 is 0 Å². The standard InChI is InChI=1S/C11H23O3P/c1-4-5-6-7-8-12-15-13-9-11(2,3)10-14-15/h4-10H2,1-3H3. The molecule has 0 spiro atoms. The molecule has 0 atom stereocenters. The van der Waals surface area contributed by atoms with E-state index in [4.69, 9.17) is 13.6 Å². The summed E-state index contributed by atoms with van der Waals surface area (Å²) < 4.78 is 16.6. The summed E-state index contributed by atoms with van der Waals surface area (Å²) in [5, 5.41) is 0. The van der Waals surface area contributed by atoms with Crippen molar-refractivity contribution in [3.05, 3.63) is 0 Å². The summed E-state index contributed by atoms with van der Waals surface area (Å²) in [4.78, 5) is 0. The monoisotopic (exact) mass is 234 g/mol. The highest BCUT2D eigenvalue weighted by molar-refractivity contribution is 7.41. The average Bonchev–Trinajstić information content (AvgIpc) is 2.20. The summed E-state index contributed by atoms with van der Waals surface area (Å²) in [5.41, 5.74) is 0.143. The van der Waals surface area contributed by atoms with Crippen LogP contribution in [0.4, 0.5) is 0 Å². The van der Waals surface area contributed by atoms with Gasteiger partial charge in [-0.1, -0.05) is 40.0 Å². The van der Waals surface area contributed by atoms with Gasteiger partial charge in [-0.15, -0.1) is 0 Å². The van der Waals surface area contributed by atoms with Gasteiger partial charge in [-0.3, -0.25) is 0 Å². The highest BCUT2D eigenvalue weighted by Gasteiger charge is 2.29. The van der Waals surface area contributed by atoms with Crippen molar-refractivity contribution in [1.29, 1.82) is 0 Å². The Balaban J connectivity index is 1.99. The zero-order valence-corrected chi connectivity index (χ0v) is 11.0. The Morgan fingerprint density at radius 2 is 1.80 bits per heavy atom. The van der Waals surface area contributed by atoms with Gasteiger partial charge in [0.05, 0.1) is 19.8 Å². The first-order valence-corrected chi connectivity index (χ1v) is 6.92. The van der Waals surface area contributed by atoms with E-state index in [2.05, 4.69) is 20.8 Å². The van der Waals surface area contributed by atoms with Gasteiger partial charge >= 0.3 is 8.60 Å². The zero-order valence-electron chi connectivity index (χ0n) is 10.1. The highest BCUT2D eigenvalue weighted by atomic mass is 31.2. The zero-order chi connectivity index (χ0) is 11.1. The summed E-state index contributed by atoms with van der Waals surface area (Å²) in [6.45, 7) is 8.75. The van der Waals surface area contributed by atoms with Crippen LogP contribution in [0.1, 0.15) is 46.5 Å². The molecule has 1 heterocycles. The van der Waals surface area contributed by atoms with E-state index in [1.165, 1.54) is 19.3 Å². The maximum absolute atomic E-state index is 5.54. The van der Waals surface area contributed by atoms with Crippen LogP contribution in [0.15, 0.2) is 0 Å². The molecule has 0 saturated carbocycles. The lowest BCUT2D eigenvalue weighted by atomic mass is 9.97. The molecule has 0 radical (unpaired) electrons. The molecule has 0 amide bonds. The minimum Gasteiger partial charge on any atom is -0.312 e. The molecule has 0 bridgehead atoms.